The number of methoxy groups -OCH3 is 2. The first-order valence-corrected chi connectivity index (χ1v) is 16.3. The summed E-state index contributed by atoms with van der Waals surface area (Å²) in [7, 11) is -2.64. The molecule has 0 amide bonds. The van der Waals surface area contributed by atoms with E-state index in [1.807, 2.05) is 0 Å². The highest BCUT2D eigenvalue weighted by Gasteiger charge is 2.65. The van der Waals surface area contributed by atoms with Crippen molar-refractivity contribution in [2.75, 3.05) is 27.6 Å². The van der Waals surface area contributed by atoms with Gasteiger partial charge in [-0.2, -0.15) is 0 Å². The summed E-state index contributed by atoms with van der Waals surface area (Å²) in [4.78, 5) is 32.6. The zero-order valence-corrected chi connectivity index (χ0v) is 26.4. The Kier molecular flexibility index (Phi) is 8.28. The number of benzene rings is 2. The zero-order chi connectivity index (χ0) is 34.3. The van der Waals surface area contributed by atoms with Gasteiger partial charge in [0.1, 0.15) is 24.4 Å². The first-order chi connectivity index (χ1) is 22.7. The number of aliphatic hydroxyl groups is 4. The van der Waals surface area contributed by atoms with Crippen molar-refractivity contribution in [1.82, 2.24) is 0 Å². The molecule has 19 heteroatoms. The van der Waals surface area contributed by atoms with E-state index in [9.17, 15) is 39.6 Å². The number of fused-ring (bicyclic) bond motifs is 4. The standard InChI is InChI=1S/C29H33O18P/c1-10-40-8-18-26(43-10)22(30)23(31)28(44-18)45-24-13-7-15-14(41-9-42-15)6-12(13)19(20-21(24)29(33,34)46-27(20)32)11-4-16(38-2)25(17(5-11)39-3)47-48(35,36)37/h4-7,10,18-24,26,28,30-31,33-34H,8-9H2,1-3H3,(H2,35,36,37). The largest absolute Gasteiger partial charge is 0.525 e. The summed E-state index contributed by atoms with van der Waals surface area (Å²) in [5.41, 5.74) is 0.861. The fourth-order valence-corrected chi connectivity index (χ4v) is 7.48. The fraction of sp³-hybridized carbons (Fsp3) is 0.552. The zero-order valence-electron chi connectivity index (χ0n) is 25.5. The van der Waals surface area contributed by atoms with Gasteiger partial charge in [-0.15, -0.1) is 0 Å². The normalized spacial score (nSPS) is 34.8. The third-order valence-electron chi connectivity index (χ3n) is 9.07. The molecule has 0 spiro atoms. The van der Waals surface area contributed by atoms with Gasteiger partial charge in [-0.3, -0.25) is 14.6 Å². The number of rotatable bonds is 7. The Morgan fingerprint density at radius 1 is 0.938 bits per heavy atom. The van der Waals surface area contributed by atoms with Crippen LogP contribution in [0, 0.1) is 11.8 Å². The molecule has 5 aliphatic rings. The number of hydrogen-bond donors (Lipinski definition) is 6. The van der Waals surface area contributed by atoms with Crippen molar-refractivity contribution in [2.45, 2.75) is 61.9 Å². The smallest absolute Gasteiger partial charge is 0.493 e. The van der Waals surface area contributed by atoms with Gasteiger partial charge in [0.15, 0.2) is 35.6 Å². The van der Waals surface area contributed by atoms with E-state index < -0.39 is 86.4 Å². The van der Waals surface area contributed by atoms with Crippen LogP contribution in [-0.4, -0.2) is 107 Å². The van der Waals surface area contributed by atoms with Gasteiger partial charge in [-0.1, -0.05) is 0 Å². The molecule has 0 radical (unpaired) electrons. The lowest BCUT2D eigenvalue weighted by Gasteiger charge is -2.48. The minimum absolute atomic E-state index is 0.000465. The van der Waals surface area contributed by atoms with Gasteiger partial charge in [0.25, 0.3) is 0 Å². The van der Waals surface area contributed by atoms with Crippen LogP contribution in [0.3, 0.4) is 0 Å². The summed E-state index contributed by atoms with van der Waals surface area (Å²) in [6.07, 6.45) is -8.64. The Morgan fingerprint density at radius 3 is 2.21 bits per heavy atom. The molecule has 3 saturated heterocycles. The van der Waals surface area contributed by atoms with Crippen molar-refractivity contribution in [1.29, 1.82) is 0 Å². The molecule has 6 N–H and O–H groups in total. The summed E-state index contributed by atoms with van der Waals surface area (Å²) in [6, 6.07) is 5.79. The molecule has 48 heavy (non-hydrogen) atoms. The SMILES string of the molecule is COc1cc(C2c3cc4c(cc3C(OC3OC5COC(C)OC5C(O)C3O)C3C2C(=O)OC3(O)O)OCO4)cc(OC)c1OP(=O)(O)O. The van der Waals surface area contributed by atoms with Crippen molar-refractivity contribution < 1.29 is 86.7 Å². The van der Waals surface area contributed by atoms with Crippen LogP contribution in [0.4, 0.5) is 0 Å². The molecule has 10 unspecified atom stereocenters. The van der Waals surface area contributed by atoms with E-state index in [4.69, 9.17) is 47.2 Å². The van der Waals surface area contributed by atoms with E-state index in [2.05, 4.69) is 0 Å². The molecule has 0 aromatic heterocycles. The number of carbonyl (C=O) groups excluding carboxylic acids is 1. The summed E-state index contributed by atoms with van der Waals surface area (Å²) < 4.78 is 67.0. The minimum atomic E-state index is -5.08. The van der Waals surface area contributed by atoms with Gasteiger partial charge < -0.3 is 67.6 Å². The Hall–Kier alpha value is -3.26. The van der Waals surface area contributed by atoms with E-state index in [0.717, 1.165) is 0 Å². The molecule has 3 fully saturated rings. The van der Waals surface area contributed by atoms with Crippen molar-refractivity contribution >= 4 is 13.8 Å². The van der Waals surface area contributed by atoms with E-state index in [1.54, 1.807) is 13.0 Å². The summed E-state index contributed by atoms with van der Waals surface area (Å²) in [5.74, 6) is -8.43. The molecular weight excluding hydrogens is 667 g/mol. The van der Waals surface area contributed by atoms with Gasteiger partial charge in [0, 0.05) is 5.92 Å². The molecule has 4 heterocycles. The second kappa shape index (κ2) is 12.0. The maximum absolute atomic E-state index is 13.6. The van der Waals surface area contributed by atoms with Crippen molar-refractivity contribution in [3.05, 3.63) is 41.0 Å². The second-order valence-electron chi connectivity index (χ2n) is 11.9. The maximum atomic E-state index is 13.6. The number of carbonyl (C=O) groups is 1. The minimum Gasteiger partial charge on any atom is -0.493 e. The molecule has 18 nitrogen and oxygen atoms in total. The molecule has 4 aliphatic heterocycles. The number of phosphoric ester groups is 1. The van der Waals surface area contributed by atoms with E-state index in [1.165, 1.54) is 32.4 Å². The van der Waals surface area contributed by atoms with Crippen molar-refractivity contribution in [2.24, 2.45) is 11.8 Å². The molecule has 7 rings (SSSR count). The number of phosphoric acid groups is 1. The molecule has 0 bridgehead atoms. The van der Waals surface area contributed by atoms with Crippen LogP contribution >= 0.6 is 7.82 Å². The Labute approximate surface area is 271 Å². The highest BCUT2D eigenvalue weighted by molar-refractivity contribution is 7.46. The molecule has 2 aromatic carbocycles. The highest BCUT2D eigenvalue weighted by Crippen LogP contribution is 2.60. The molecule has 2 aromatic rings. The highest BCUT2D eigenvalue weighted by atomic mass is 31.2. The van der Waals surface area contributed by atoms with Crippen molar-refractivity contribution in [3.63, 3.8) is 0 Å². The Bertz CT molecular complexity index is 1610. The average Bonchev–Trinajstić information content (AvgIpc) is 3.58. The number of aliphatic hydroxyl groups excluding tert-OH is 2. The monoisotopic (exact) mass is 700 g/mol. The molecule has 0 saturated carbocycles. The summed E-state index contributed by atoms with van der Waals surface area (Å²) in [6.45, 7) is 1.49. The van der Waals surface area contributed by atoms with Crippen LogP contribution in [0.1, 0.15) is 35.6 Å². The molecule has 1 aliphatic carbocycles. The number of hydrogen-bond acceptors (Lipinski definition) is 16. The van der Waals surface area contributed by atoms with Crippen LogP contribution < -0.4 is 23.5 Å². The van der Waals surface area contributed by atoms with Crippen LogP contribution in [0.5, 0.6) is 28.7 Å². The Morgan fingerprint density at radius 2 is 1.58 bits per heavy atom. The first-order valence-electron chi connectivity index (χ1n) is 14.8. The lowest BCUT2D eigenvalue weighted by molar-refractivity contribution is -0.380. The van der Waals surface area contributed by atoms with Gasteiger partial charge in [0.05, 0.1) is 38.8 Å². The second-order valence-corrected chi connectivity index (χ2v) is 13.0. The number of esters is 1. The van der Waals surface area contributed by atoms with Crippen LogP contribution in [-0.2, 0) is 33.0 Å². The lowest BCUT2D eigenvalue weighted by Crippen LogP contribution is -2.63. The quantitative estimate of drug-likeness (QED) is 0.124. The molecule has 10 atom stereocenters. The molecule has 262 valence electrons. The summed E-state index contributed by atoms with van der Waals surface area (Å²) >= 11 is 0. The van der Waals surface area contributed by atoms with Gasteiger partial charge in [-0.25, -0.2) is 4.57 Å². The average molecular weight is 701 g/mol. The number of cyclic esters (lactones) is 1. The lowest BCUT2D eigenvalue weighted by atomic mass is 9.65. The summed E-state index contributed by atoms with van der Waals surface area (Å²) in [5, 5.41) is 44.4. The third-order valence-corrected chi connectivity index (χ3v) is 9.49. The van der Waals surface area contributed by atoms with Crippen LogP contribution in [0.25, 0.3) is 0 Å². The number of ether oxygens (including phenoxy) is 9. The Balaban J connectivity index is 1.36. The fourth-order valence-electron chi connectivity index (χ4n) is 7.06. The van der Waals surface area contributed by atoms with Crippen molar-refractivity contribution in [3.8, 4) is 28.7 Å². The van der Waals surface area contributed by atoms with Crippen LogP contribution in [0.2, 0.25) is 0 Å². The van der Waals surface area contributed by atoms with Gasteiger partial charge in [0.2, 0.25) is 12.5 Å². The third kappa shape index (κ3) is 5.56. The first kappa shape index (κ1) is 33.2. The molecular formula is C29H33O18P. The van der Waals surface area contributed by atoms with E-state index in [-0.39, 0.29) is 41.8 Å². The van der Waals surface area contributed by atoms with E-state index in [0.29, 0.717) is 11.3 Å². The topological polar surface area (TPSA) is 248 Å². The predicted molar refractivity (Wildman–Crippen MR) is 152 cm³/mol. The van der Waals surface area contributed by atoms with Crippen LogP contribution in [0.15, 0.2) is 24.3 Å². The predicted octanol–water partition coefficient (Wildman–Crippen LogP) is -0.257. The van der Waals surface area contributed by atoms with Gasteiger partial charge >= 0.3 is 19.8 Å². The maximum Gasteiger partial charge on any atom is 0.525 e. The van der Waals surface area contributed by atoms with Gasteiger partial charge in [-0.05, 0) is 47.9 Å². The van der Waals surface area contributed by atoms with E-state index >= 15 is 0 Å².